The van der Waals surface area contributed by atoms with Gasteiger partial charge in [-0.15, -0.1) is 0 Å². The maximum atomic E-state index is 13.0. The number of hydrogen-bond donors (Lipinski definition) is 2. The second-order valence-corrected chi connectivity index (χ2v) is 9.17. The van der Waals surface area contributed by atoms with Gasteiger partial charge < -0.3 is 20.6 Å². The number of nitrogens with two attached hydrogens (primary N) is 1. The van der Waals surface area contributed by atoms with Crippen LogP contribution in [-0.4, -0.2) is 58.5 Å². The first kappa shape index (κ1) is 21.5. The van der Waals surface area contributed by atoms with Crippen molar-refractivity contribution in [3.63, 3.8) is 0 Å². The highest BCUT2D eigenvalue weighted by atomic mass is 16.3. The molecule has 1 heterocycles. The van der Waals surface area contributed by atoms with Crippen molar-refractivity contribution in [1.29, 1.82) is 0 Å². The summed E-state index contributed by atoms with van der Waals surface area (Å²) in [4.78, 5) is 29.0. The number of nitrogens with zero attached hydrogens (tertiary/aromatic N) is 2. The molecule has 1 saturated carbocycles. The number of fused-ring (bicyclic) bond motifs is 1. The molecule has 0 atom stereocenters. The number of rotatable bonds is 3. The summed E-state index contributed by atoms with van der Waals surface area (Å²) in [6.45, 7) is 1.89. The van der Waals surface area contributed by atoms with Crippen LogP contribution in [0.25, 0.3) is 22.9 Å². The highest BCUT2D eigenvalue weighted by molar-refractivity contribution is 5.95. The second-order valence-electron chi connectivity index (χ2n) is 9.17. The number of piperazine rings is 1. The van der Waals surface area contributed by atoms with Crippen LogP contribution < -0.4 is 16.2 Å². The fraction of sp³-hybridized carbons (Fsp3) is 0.333. The number of benzene rings is 2. The lowest BCUT2D eigenvalue weighted by atomic mass is 9.79. The van der Waals surface area contributed by atoms with Gasteiger partial charge in [0.15, 0.2) is 0 Å². The molecule has 6 nitrogen and oxygen atoms in total. The Morgan fingerprint density at radius 3 is 2.24 bits per heavy atom. The Kier molecular flexibility index (Phi) is 5.54. The zero-order valence-corrected chi connectivity index (χ0v) is 18.7. The molecule has 0 unspecified atom stereocenters. The van der Waals surface area contributed by atoms with Crippen LogP contribution in [-0.2, 0) is 4.79 Å². The van der Waals surface area contributed by atoms with Gasteiger partial charge in [-0.05, 0) is 53.8 Å². The third-order valence-corrected chi connectivity index (χ3v) is 7.05. The maximum Gasteiger partial charge on any atom is 0.254 e. The average molecular weight is 444 g/mol. The van der Waals surface area contributed by atoms with Crippen LogP contribution in [0.15, 0.2) is 54.6 Å². The standard InChI is InChI=1S/C27H29N3O3/c28-24-5-2-1-4-22-18-21(10-11-23(22)24)19-6-8-20(9-7-19)25(31)29-14-16-30(17-15-29)26(32)27(33)12-3-13-27/h1-2,4,6-11,18,33H,3,5,12-17,28H2. The first-order valence-electron chi connectivity index (χ1n) is 11.6. The van der Waals surface area contributed by atoms with E-state index in [1.54, 1.807) is 9.80 Å². The molecular formula is C27H29N3O3. The molecule has 33 heavy (non-hydrogen) atoms. The predicted molar refractivity (Wildman–Crippen MR) is 128 cm³/mol. The number of allylic oxidation sites excluding steroid dienone is 1. The molecule has 170 valence electrons. The lowest BCUT2D eigenvalue weighted by Gasteiger charge is -2.42. The van der Waals surface area contributed by atoms with Crippen LogP contribution in [0.3, 0.4) is 0 Å². The maximum absolute atomic E-state index is 13.0. The van der Waals surface area contributed by atoms with E-state index in [9.17, 15) is 14.7 Å². The van der Waals surface area contributed by atoms with Gasteiger partial charge >= 0.3 is 0 Å². The van der Waals surface area contributed by atoms with Crippen molar-refractivity contribution >= 4 is 23.6 Å². The molecule has 0 bridgehead atoms. The third kappa shape index (κ3) is 4.07. The quantitative estimate of drug-likeness (QED) is 0.750. The zero-order chi connectivity index (χ0) is 23.0. The van der Waals surface area contributed by atoms with Crippen molar-refractivity contribution in [2.24, 2.45) is 5.73 Å². The van der Waals surface area contributed by atoms with Crippen molar-refractivity contribution in [3.8, 4) is 11.1 Å². The molecule has 2 aliphatic carbocycles. The molecule has 3 N–H and O–H groups in total. The molecule has 1 aliphatic heterocycles. The number of aliphatic hydroxyl groups is 1. The van der Waals surface area contributed by atoms with E-state index in [4.69, 9.17) is 5.73 Å². The van der Waals surface area contributed by atoms with E-state index in [1.807, 2.05) is 30.3 Å². The van der Waals surface area contributed by atoms with Crippen molar-refractivity contribution in [2.45, 2.75) is 31.3 Å². The Labute approximate surface area is 193 Å². The highest BCUT2D eigenvalue weighted by Gasteiger charge is 2.45. The lowest BCUT2D eigenvalue weighted by Crippen LogP contribution is -2.58. The molecule has 2 fully saturated rings. The van der Waals surface area contributed by atoms with E-state index in [-0.39, 0.29) is 11.8 Å². The minimum Gasteiger partial charge on any atom is -0.401 e. The summed E-state index contributed by atoms with van der Waals surface area (Å²) >= 11 is 0. The van der Waals surface area contributed by atoms with Gasteiger partial charge in [0.2, 0.25) is 0 Å². The molecule has 5 rings (SSSR count). The normalized spacial score (nSPS) is 19.2. The van der Waals surface area contributed by atoms with E-state index in [0.29, 0.717) is 44.6 Å². The van der Waals surface area contributed by atoms with Gasteiger partial charge in [-0.25, -0.2) is 0 Å². The van der Waals surface area contributed by atoms with Crippen molar-refractivity contribution in [2.75, 3.05) is 26.2 Å². The van der Waals surface area contributed by atoms with E-state index in [0.717, 1.165) is 40.1 Å². The first-order valence-corrected chi connectivity index (χ1v) is 11.6. The van der Waals surface area contributed by atoms with Crippen LogP contribution in [0.2, 0.25) is 0 Å². The number of carbonyl (C=O) groups excluding carboxylic acids is 2. The van der Waals surface area contributed by atoms with E-state index >= 15 is 0 Å². The highest BCUT2D eigenvalue weighted by Crippen LogP contribution is 2.33. The van der Waals surface area contributed by atoms with Crippen LogP contribution >= 0.6 is 0 Å². The minimum atomic E-state index is -1.17. The Hall–Kier alpha value is -3.38. The average Bonchev–Trinajstić information content (AvgIpc) is 3.02. The Balaban J connectivity index is 1.27. The summed E-state index contributed by atoms with van der Waals surface area (Å²) in [7, 11) is 0. The van der Waals surface area contributed by atoms with Gasteiger partial charge in [0.05, 0.1) is 0 Å². The number of hydrogen-bond acceptors (Lipinski definition) is 4. The Morgan fingerprint density at radius 2 is 1.58 bits per heavy atom. The molecule has 3 aliphatic rings. The Morgan fingerprint density at radius 1 is 0.909 bits per heavy atom. The lowest BCUT2D eigenvalue weighted by molar-refractivity contribution is -0.161. The molecular weight excluding hydrogens is 414 g/mol. The molecule has 2 aromatic rings. The summed E-state index contributed by atoms with van der Waals surface area (Å²) in [5.74, 6) is -0.211. The summed E-state index contributed by atoms with van der Waals surface area (Å²) in [6, 6.07) is 13.9. The van der Waals surface area contributed by atoms with Gasteiger partial charge in [0.1, 0.15) is 5.60 Å². The summed E-state index contributed by atoms with van der Waals surface area (Å²) in [5.41, 5.74) is 8.63. The fourth-order valence-electron chi connectivity index (χ4n) is 4.77. The van der Waals surface area contributed by atoms with Crippen molar-refractivity contribution < 1.29 is 14.7 Å². The van der Waals surface area contributed by atoms with Gasteiger partial charge in [-0.3, -0.25) is 9.59 Å². The largest absolute Gasteiger partial charge is 0.401 e. The van der Waals surface area contributed by atoms with Crippen LogP contribution in [0, 0.1) is 0 Å². The number of carbonyl (C=O) groups is 2. The Bertz CT molecular complexity index is 1230. The van der Waals surface area contributed by atoms with E-state index < -0.39 is 5.60 Å². The van der Waals surface area contributed by atoms with Gasteiger partial charge in [0.25, 0.3) is 11.8 Å². The second kappa shape index (κ2) is 8.52. The fourth-order valence-corrected chi connectivity index (χ4v) is 4.77. The van der Waals surface area contributed by atoms with Crippen LogP contribution in [0.1, 0.15) is 36.0 Å². The molecule has 0 radical (unpaired) electrons. The summed E-state index contributed by atoms with van der Waals surface area (Å²) in [5, 5.41) is 12.5. The van der Waals surface area contributed by atoms with Crippen LogP contribution in [0.4, 0.5) is 0 Å². The molecule has 2 amide bonds. The minimum absolute atomic E-state index is 0.0289. The molecule has 2 aromatic carbocycles. The van der Waals surface area contributed by atoms with Crippen LogP contribution in [0.5, 0.6) is 0 Å². The number of amides is 2. The monoisotopic (exact) mass is 443 g/mol. The smallest absolute Gasteiger partial charge is 0.254 e. The van der Waals surface area contributed by atoms with E-state index in [1.165, 1.54) is 0 Å². The van der Waals surface area contributed by atoms with Gasteiger partial charge in [-0.2, -0.15) is 0 Å². The molecule has 0 spiro atoms. The summed E-state index contributed by atoms with van der Waals surface area (Å²) in [6.07, 6.45) is 8.89. The molecule has 6 heteroatoms. The third-order valence-electron chi connectivity index (χ3n) is 7.05. The van der Waals surface area contributed by atoms with Gasteiger partial charge in [-0.1, -0.05) is 42.5 Å². The zero-order valence-electron chi connectivity index (χ0n) is 18.7. The predicted octanol–water partition coefficient (Wildman–Crippen LogP) is 1.36. The summed E-state index contributed by atoms with van der Waals surface area (Å²) < 4.78 is 0. The van der Waals surface area contributed by atoms with E-state index in [2.05, 4.69) is 30.4 Å². The van der Waals surface area contributed by atoms with Crippen molar-refractivity contribution in [1.82, 2.24) is 9.80 Å². The SMILES string of the molecule is NC1=c2ccc(-c3ccc(C(=O)N4CCN(C(=O)C5(O)CCC5)CC4)cc3)cc2=CC=CC1. The molecule has 0 aromatic heterocycles. The van der Waals surface area contributed by atoms with Crippen molar-refractivity contribution in [3.05, 3.63) is 70.6 Å². The molecule has 1 saturated heterocycles. The first-order chi connectivity index (χ1) is 15.9. The topological polar surface area (TPSA) is 86.9 Å². The van der Waals surface area contributed by atoms with Gasteiger partial charge in [0, 0.05) is 49.1 Å².